The maximum atomic E-state index is 12.9. The Hall–Kier alpha value is -3.66. The molecule has 3 heterocycles. The summed E-state index contributed by atoms with van der Waals surface area (Å²) in [6.45, 7) is 7.30. The van der Waals surface area contributed by atoms with Gasteiger partial charge in [-0.15, -0.1) is 11.3 Å². The van der Waals surface area contributed by atoms with E-state index >= 15 is 0 Å². The smallest absolute Gasteiger partial charge is 0.348 e. The lowest BCUT2D eigenvalue weighted by Gasteiger charge is -2.05. The van der Waals surface area contributed by atoms with Crippen molar-refractivity contribution in [3.8, 4) is 17.1 Å². The number of benzene rings is 1. The van der Waals surface area contributed by atoms with E-state index in [0.717, 1.165) is 34.6 Å². The maximum absolute atomic E-state index is 12.9. The molecule has 10 heteroatoms. The number of carbonyl (C=O) groups is 3. The van der Waals surface area contributed by atoms with Gasteiger partial charge in [0, 0.05) is 18.1 Å². The largest absolute Gasteiger partial charge is 0.490 e. The number of fused-ring (bicyclic) bond motifs is 1. The molecule has 0 bridgehead atoms. The fourth-order valence-electron chi connectivity index (χ4n) is 3.70. The van der Waals surface area contributed by atoms with Gasteiger partial charge in [-0.1, -0.05) is 5.16 Å². The number of nitrogens with zero attached hydrogens (tertiary/aromatic N) is 1. The molecule has 0 saturated heterocycles. The van der Waals surface area contributed by atoms with Crippen LogP contribution < -0.4 is 10.1 Å². The summed E-state index contributed by atoms with van der Waals surface area (Å²) in [6, 6.07) is 7.18. The molecule has 1 aliphatic heterocycles. The highest BCUT2D eigenvalue weighted by Gasteiger charge is 2.28. The Bertz CT molecular complexity index is 1260. The van der Waals surface area contributed by atoms with E-state index in [0.29, 0.717) is 11.3 Å². The van der Waals surface area contributed by atoms with Crippen LogP contribution in [0.5, 0.6) is 5.75 Å². The fourth-order valence-corrected chi connectivity index (χ4v) is 4.79. The Morgan fingerprint density at radius 2 is 1.88 bits per heavy atom. The number of rotatable bonds is 7. The average molecular weight is 485 g/mol. The molecule has 3 aromatic rings. The lowest BCUT2D eigenvalue weighted by molar-refractivity contribution is 0.0527. The third-order valence-electron chi connectivity index (χ3n) is 5.24. The van der Waals surface area contributed by atoms with Gasteiger partial charge in [0.1, 0.15) is 21.7 Å². The van der Waals surface area contributed by atoms with Crippen LogP contribution in [0.4, 0.5) is 5.00 Å². The van der Waals surface area contributed by atoms with Crippen molar-refractivity contribution in [2.24, 2.45) is 0 Å². The second kappa shape index (κ2) is 9.68. The SMILES string of the molecule is CCOC(=O)c1sc(NC(=O)c2cc(-c3ccc4c(c3)C[C@H](C)O4)on2)c(C(=O)OCC)c1C. The van der Waals surface area contributed by atoms with E-state index in [-0.39, 0.29) is 40.5 Å². The molecule has 1 aromatic carbocycles. The Kier molecular flexibility index (Phi) is 6.69. The number of esters is 2. The summed E-state index contributed by atoms with van der Waals surface area (Å²) < 4.78 is 21.3. The number of anilines is 1. The van der Waals surface area contributed by atoms with Crippen LogP contribution >= 0.6 is 11.3 Å². The van der Waals surface area contributed by atoms with Gasteiger partial charge in [0.2, 0.25) is 0 Å². The van der Waals surface area contributed by atoms with Crippen LogP contribution in [0.25, 0.3) is 11.3 Å². The van der Waals surface area contributed by atoms with Crippen LogP contribution in [0.15, 0.2) is 28.8 Å². The van der Waals surface area contributed by atoms with E-state index < -0.39 is 17.8 Å². The standard InChI is InChI=1S/C24H24N2O7S/c1-5-30-23(28)19-13(4)20(24(29)31-6-2)34-22(19)25-21(27)16-11-18(33-26-16)14-7-8-17-15(10-14)9-12(3)32-17/h7-8,10-12H,5-6,9H2,1-4H3,(H,25,27)/t12-/m0/s1. The van der Waals surface area contributed by atoms with Crippen LogP contribution in [-0.2, 0) is 15.9 Å². The van der Waals surface area contributed by atoms with E-state index in [1.807, 2.05) is 25.1 Å². The predicted molar refractivity (Wildman–Crippen MR) is 125 cm³/mol. The summed E-state index contributed by atoms with van der Waals surface area (Å²) in [5, 5.41) is 6.72. The van der Waals surface area contributed by atoms with Crippen molar-refractivity contribution in [2.75, 3.05) is 18.5 Å². The number of hydrogen-bond acceptors (Lipinski definition) is 9. The fraction of sp³-hybridized carbons (Fsp3) is 0.333. The quantitative estimate of drug-likeness (QED) is 0.482. The normalized spacial score (nSPS) is 14.3. The molecule has 0 unspecified atom stereocenters. The summed E-state index contributed by atoms with van der Waals surface area (Å²) in [5.41, 5.74) is 2.35. The van der Waals surface area contributed by atoms with Gasteiger partial charge in [0.15, 0.2) is 11.5 Å². The zero-order valence-electron chi connectivity index (χ0n) is 19.2. The monoisotopic (exact) mass is 484 g/mol. The second-order valence-electron chi connectivity index (χ2n) is 7.69. The molecule has 178 valence electrons. The molecule has 1 atom stereocenters. The summed E-state index contributed by atoms with van der Waals surface area (Å²) in [4.78, 5) is 38.0. The van der Waals surface area contributed by atoms with Crippen molar-refractivity contribution in [1.82, 2.24) is 5.16 Å². The van der Waals surface area contributed by atoms with E-state index in [1.165, 1.54) is 6.07 Å². The molecule has 1 amide bonds. The summed E-state index contributed by atoms with van der Waals surface area (Å²) >= 11 is 0.949. The lowest BCUT2D eigenvalue weighted by atomic mass is 10.1. The molecule has 0 saturated carbocycles. The molecule has 0 fully saturated rings. The molecule has 1 aliphatic rings. The average Bonchev–Trinajstić information content (AvgIpc) is 3.50. The zero-order chi connectivity index (χ0) is 24.4. The van der Waals surface area contributed by atoms with Crippen molar-refractivity contribution in [2.45, 2.75) is 40.2 Å². The summed E-state index contributed by atoms with van der Waals surface area (Å²) in [7, 11) is 0. The molecule has 9 nitrogen and oxygen atoms in total. The minimum absolute atomic E-state index is 0.0265. The van der Waals surface area contributed by atoms with E-state index in [2.05, 4.69) is 10.5 Å². The minimum Gasteiger partial charge on any atom is -0.490 e. The highest BCUT2D eigenvalue weighted by Crippen LogP contribution is 2.36. The van der Waals surface area contributed by atoms with E-state index in [9.17, 15) is 14.4 Å². The molecule has 0 aliphatic carbocycles. The molecular weight excluding hydrogens is 460 g/mol. The number of ether oxygens (including phenoxy) is 3. The lowest BCUT2D eigenvalue weighted by Crippen LogP contribution is -2.15. The maximum Gasteiger partial charge on any atom is 0.348 e. The second-order valence-corrected chi connectivity index (χ2v) is 8.71. The van der Waals surface area contributed by atoms with Crippen LogP contribution in [0, 0.1) is 6.92 Å². The van der Waals surface area contributed by atoms with Crippen LogP contribution in [-0.4, -0.2) is 42.3 Å². The molecule has 0 spiro atoms. The topological polar surface area (TPSA) is 117 Å². The number of carbonyl (C=O) groups excluding carboxylic acids is 3. The van der Waals surface area contributed by atoms with Crippen molar-refractivity contribution >= 4 is 34.2 Å². The highest BCUT2D eigenvalue weighted by atomic mass is 32.1. The Balaban J connectivity index is 1.59. The van der Waals surface area contributed by atoms with E-state index in [4.69, 9.17) is 18.7 Å². The van der Waals surface area contributed by atoms with Crippen LogP contribution in [0.3, 0.4) is 0 Å². The van der Waals surface area contributed by atoms with Crippen molar-refractivity contribution < 1.29 is 33.1 Å². The van der Waals surface area contributed by atoms with Crippen LogP contribution in [0.2, 0.25) is 0 Å². The van der Waals surface area contributed by atoms with Crippen molar-refractivity contribution in [3.63, 3.8) is 0 Å². The summed E-state index contributed by atoms with van der Waals surface area (Å²) in [6.07, 6.45) is 0.908. The number of aromatic nitrogens is 1. The summed E-state index contributed by atoms with van der Waals surface area (Å²) in [5.74, 6) is -0.541. The molecule has 1 N–H and O–H groups in total. The zero-order valence-corrected chi connectivity index (χ0v) is 20.0. The van der Waals surface area contributed by atoms with Crippen molar-refractivity contribution in [1.29, 1.82) is 0 Å². The Morgan fingerprint density at radius 3 is 2.62 bits per heavy atom. The number of hydrogen-bond donors (Lipinski definition) is 1. The number of amides is 1. The Morgan fingerprint density at radius 1 is 1.15 bits per heavy atom. The minimum atomic E-state index is -0.641. The molecule has 2 aromatic heterocycles. The van der Waals surface area contributed by atoms with E-state index in [1.54, 1.807) is 20.8 Å². The first kappa shape index (κ1) is 23.5. The number of thiophene rings is 1. The van der Waals surface area contributed by atoms with Gasteiger partial charge in [-0.2, -0.15) is 0 Å². The van der Waals surface area contributed by atoms with Gasteiger partial charge in [-0.25, -0.2) is 9.59 Å². The first-order valence-electron chi connectivity index (χ1n) is 10.9. The first-order chi connectivity index (χ1) is 16.3. The van der Waals surface area contributed by atoms with Gasteiger partial charge < -0.3 is 24.1 Å². The van der Waals surface area contributed by atoms with Gasteiger partial charge in [-0.3, -0.25) is 4.79 Å². The molecular formula is C24H24N2O7S. The van der Waals surface area contributed by atoms with Gasteiger partial charge in [0.25, 0.3) is 5.91 Å². The third kappa shape index (κ3) is 4.54. The highest BCUT2D eigenvalue weighted by molar-refractivity contribution is 7.18. The molecule has 0 radical (unpaired) electrons. The molecule has 4 rings (SSSR count). The number of nitrogens with one attached hydrogen (secondary N) is 1. The van der Waals surface area contributed by atoms with Crippen molar-refractivity contribution in [3.05, 3.63) is 51.5 Å². The van der Waals surface area contributed by atoms with Gasteiger partial charge >= 0.3 is 11.9 Å². The van der Waals surface area contributed by atoms with Gasteiger partial charge in [-0.05, 0) is 57.0 Å². The molecule has 34 heavy (non-hydrogen) atoms. The van der Waals surface area contributed by atoms with Gasteiger partial charge in [0.05, 0.1) is 18.8 Å². The van der Waals surface area contributed by atoms with Crippen LogP contribution in [0.1, 0.15) is 62.4 Å². The third-order valence-corrected chi connectivity index (χ3v) is 6.42. The predicted octanol–water partition coefficient (Wildman–Crippen LogP) is 4.64. The first-order valence-corrected chi connectivity index (χ1v) is 11.7. The Labute approximate surface area is 200 Å².